The van der Waals surface area contributed by atoms with E-state index in [0.29, 0.717) is 31.5 Å². The van der Waals surface area contributed by atoms with Crippen molar-refractivity contribution in [3.05, 3.63) is 18.2 Å². The van der Waals surface area contributed by atoms with Crippen molar-refractivity contribution in [2.75, 3.05) is 25.9 Å². The fourth-order valence-corrected chi connectivity index (χ4v) is 4.18. The highest BCUT2D eigenvalue weighted by molar-refractivity contribution is 7.89. The lowest BCUT2D eigenvalue weighted by molar-refractivity contribution is 0.0465. The van der Waals surface area contributed by atoms with Crippen LogP contribution in [0.1, 0.15) is 26.2 Å². The molecule has 1 aliphatic rings. The maximum atomic E-state index is 12.8. The van der Waals surface area contributed by atoms with Crippen molar-refractivity contribution in [1.29, 1.82) is 0 Å². The molecule has 3 N–H and O–H groups in total. The molecule has 0 aliphatic carbocycles. The standard InChI is InChI=1S/C14H22N2O4S/c1-14(17)6-3-8-16(9-7-14)21(18,19)13-10-11(15)4-5-12(13)20-2/h4-5,10,17H,3,6-9,15H2,1-2H3. The Bertz CT molecular complexity index is 613. The zero-order valence-electron chi connectivity index (χ0n) is 12.4. The van der Waals surface area contributed by atoms with Gasteiger partial charge < -0.3 is 15.6 Å². The normalized spacial score (nSPS) is 24.5. The van der Waals surface area contributed by atoms with Crippen LogP contribution in [0.4, 0.5) is 5.69 Å². The van der Waals surface area contributed by atoms with Gasteiger partial charge in [-0.3, -0.25) is 0 Å². The van der Waals surface area contributed by atoms with Crippen LogP contribution in [0.5, 0.6) is 5.75 Å². The van der Waals surface area contributed by atoms with Crippen LogP contribution in [-0.4, -0.2) is 43.6 Å². The van der Waals surface area contributed by atoms with Gasteiger partial charge in [-0.2, -0.15) is 4.31 Å². The molecule has 0 aromatic heterocycles. The van der Waals surface area contributed by atoms with Gasteiger partial charge in [-0.05, 0) is 44.4 Å². The van der Waals surface area contributed by atoms with Crippen LogP contribution in [0.2, 0.25) is 0 Å². The number of ether oxygens (including phenoxy) is 1. The Kier molecular flexibility index (Phi) is 4.46. The minimum Gasteiger partial charge on any atom is -0.495 e. The molecule has 1 atom stereocenters. The van der Waals surface area contributed by atoms with Crippen LogP contribution in [0.15, 0.2) is 23.1 Å². The van der Waals surface area contributed by atoms with Gasteiger partial charge in [-0.25, -0.2) is 8.42 Å². The quantitative estimate of drug-likeness (QED) is 0.818. The maximum absolute atomic E-state index is 12.8. The van der Waals surface area contributed by atoms with Crippen LogP contribution < -0.4 is 10.5 Å². The summed E-state index contributed by atoms with van der Waals surface area (Å²) in [6.07, 6.45) is 1.63. The fraction of sp³-hybridized carbons (Fsp3) is 0.571. The summed E-state index contributed by atoms with van der Waals surface area (Å²) < 4.78 is 32.1. The lowest BCUT2D eigenvalue weighted by Gasteiger charge is -2.23. The molecule has 1 aliphatic heterocycles. The number of aliphatic hydroxyl groups is 1. The second-order valence-corrected chi connectivity index (χ2v) is 7.57. The third-order valence-electron chi connectivity index (χ3n) is 3.83. The van der Waals surface area contributed by atoms with Crippen molar-refractivity contribution in [3.63, 3.8) is 0 Å². The lowest BCUT2D eigenvalue weighted by atomic mass is 9.98. The van der Waals surface area contributed by atoms with E-state index in [1.165, 1.54) is 17.5 Å². The summed E-state index contributed by atoms with van der Waals surface area (Å²) in [5, 5.41) is 10.1. The van der Waals surface area contributed by atoms with E-state index in [1.54, 1.807) is 19.1 Å². The first-order chi connectivity index (χ1) is 9.76. The third-order valence-corrected chi connectivity index (χ3v) is 5.75. The number of rotatable bonds is 3. The average Bonchev–Trinajstić information content (AvgIpc) is 2.60. The smallest absolute Gasteiger partial charge is 0.246 e. The van der Waals surface area contributed by atoms with Gasteiger partial charge in [0.15, 0.2) is 0 Å². The van der Waals surface area contributed by atoms with Crippen molar-refractivity contribution in [1.82, 2.24) is 4.31 Å². The molecular formula is C14H22N2O4S. The molecule has 0 spiro atoms. The molecule has 21 heavy (non-hydrogen) atoms. The second kappa shape index (κ2) is 5.82. The molecule has 0 amide bonds. The third kappa shape index (κ3) is 3.48. The Morgan fingerprint density at radius 2 is 2.05 bits per heavy atom. The molecule has 1 aromatic rings. The molecule has 7 heteroatoms. The number of nitrogens with zero attached hydrogens (tertiary/aromatic N) is 1. The minimum atomic E-state index is -3.68. The molecule has 0 saturated carbocycles. The van der Waals surface area contributed by atoms with E-state index in [1.807, 2.05) is 0 Å². The Morgan fingerprint density at radius 3 is 2.71 bits per heavy atom. The lowest BCUT2D eigenvalue weighted by Crippen LogP contribution is -2.33. The Hall–Kier alpha value is -1.31. The van der Waals surface area contributed by atoms with Crippen LogP contribution >= 0.6 is 0 Å². The number of sulfonamides is 1. The average molecular weight is 314 g/mol. The van der Waals surface area contributed by atoms with Crippen molar-refractivity contribution >= 4 is 15.7 Å². The molecule has 6 nitrogen and oxygen atoms in total. The summed E-state index contributed by atoms with van der Waals surface area (Å²) in [4.78, 5) is 0.0755. The van der Waals surface area contributed by atoms with Crippen molar-refractivity contribution in [2.24, 2.45) is 0 Å². The van der Waals surface area contributed by atoms with Crippen LogP contribution in [0, 0.1) is 0 Å². The van der Waals surface area contributed by atoms with Gasteiger partial charge in [-0.15, -0.1) is 0 Å². The van der Waals surface area contributed by atoms with Gasteiger partial charge in [0.25, 0.3) is 0 Å². The highest BCUT2D eigenvalue weighted by atomic mass is 32.2. The van der Waals surface area contributed by atoms with E-state index < -0.39 is 15.6 Å². The van der Waals surface area contributed by atoms with Gasteiger partial charge >= 0.3 is 0 Å². The minimum absolute atomic E-state index is 0.0755. The number of nitrogen functional groups attached to an aromatic ring is 1. The maximum Gasteiger partial charge on any atom is 0.246 e. The van der Waals surface area contributed by atoms with Crippen molar-refractivity contribution < 1.29 is 18.3 Å². The Labute approximate surface area is 125 Å². The summed E-state index contributed by atoms with van der Waals surface area (Å²) in [6, 6.07) is 4.57. The largest absolute Gasteiger partial charge is 0.495 e. The number of anilines is 1. The van der Waals surface area contributed by atoms with E-state index in [2.05, 4.69) is 0 Å². The van der Waals surface area contributed by atoms with Gasteiger partial charge in [-0.1, -0.05) is 0 Å². The van der Waals surface area contributed by atoms with Crippen LogP contribution in [-0.2, 0) is 10.0 Å². The zero-order valence-corrected chi connectivity index (χ0v) is 13.2. The highest BCUT2D eigenvalue weighted by Crippen LogP contribution is 2.31. The first-order valence-corrected chi connectivity index (χ1v) is 8.36. The molecule has 118 valence electrons. The zero-order chi connectivity index (χ0) is 15.7. The van der Waals surface area contributed by atoms with E-state index >= 15 is 0 Å². The fourth-order valence-electron chi connectivity index (χ4n) is 2.51. The first kappa shape index (κ1) is 16.1. The van der Waals surface area contributed by atoms with E-state index in [9.17, 15) is 13.5 Å². The van der Waals surface area contributed by atoms with Crippen molar-refractivity contribution in [3.8, 4) is 5.75 Å². The molecule has 1 fully saturated rings. The number of benzene rings is 1. The Balaban J connectivity index is 2.36. The summed E-state index contributed by atoms with van der Waals surface area (Å²) in [5.74, 6) is 0.278. The number of hydrogen-bond acceptors (Lipinski definition) is 5. The summed E-state index contributed by atoms with van der Waals surface area (Å²) >= 11 is 0. The molecule has 0 bridgehead atoms. The second-order valence-electron chi connectivity index (χ2n) is 5.66. The number of nitrogens with two attached hydrogens (primary N) is 1. The van der Waals surface area contributed by atoms with Gasteiger partial charge in [0.1, 0.15) is 10.6 Å². The number of hydrogen-bond donors (Lipinski definition) is 2. The van der Waals surface area contributed by atoms with Crippen LogP contribution in [0.25, 0.3) is 0 Å². The van der Waals surface area contributed by atoms with E-state index in [-0.39, 0.29) is 17.2 Å². The molecule has 1 aromatic carbocycles. The summed E-state index contributed by atoms with van der Waals surface area (Å²) in [5.41, 5.74) is 5.26. The summed E-state index contributed by atoms with van der Waals surface area (Å²) in [7, 11) is -2.26. The number of methoxy groups -OCH3 is 1. The van der Waals surface area contributed by atoms with E-state index in [0.717, 1.165) is 0 Å². The highest BCUT2D eigenvalue weighted by Gasteiger charge is 2.33. The molecule has 2 rings (SSSR count). The molecule has 1 unspecified atom stereocenters. The van der Waals surface area contributed by atoms with Gasteiger partial charge in [0.05, 0.1) is 12.7 Å². The predicted octanol–water partition coefficient (Wildman–Crippen LogP) is 1.20. The van der Waals surface area contributed by atoms with Gasteiger partial charge in [0, 0.05) is 18.8 Å². The molecule has 0 radical (unpaired) electrons. The van der Waals surface area contributed by atoms with Gasteiger partial charge in [0.2, 0.25) is 10.0 Å². The first-order valence-electron chi connectivity index (χ1n) is 6.92. The Morgan fingerprint density at radius 1 is 1.33 bits per heavy atom. The summed E-state index contributed by atoms with van der Waals surface area (Å²) in [6.45, 7) is 2.41. The topological polar surface area (TPSA) is 92.9 Å². The molecule has 1 heterocycles. The van der Waals surface area contributed by atoms with Crippen molar-refractivity contribution in [2.45, 2.75) is 36.7 Å². The van der Waals surface area contributed by atoms with Crippen LogP contribution in [0.3, 0.4) is 0 Å². The van der Waals surface area contributed by atoms with E-state index in [4.69, 9.17) is 10.5 Å². The molecular weight excluding hydrogens is 292 g/mol. The SMILES string of the molecule is COc1ccc(N)cc1S(=O)(=O)N1CCCC(C)(O)CC1. The monoisotopic (exact) mass is 314 g/mol. The molecule has 1 saturated heterocycles. The predicted molar refractivity (Wildman–Crippen MR) is 80.6 cm³/mol.